The number of nitrogens with one attached hydrogen (secondary N) is 1. The van der Waals surface area contributed by atoms with E-state index < -0.39 is 6.04 Å². The minimum Gasteiger partial charge on any atom is -0.316 e. The molecule has 1 unspecified atom stereocenters. The standard InChI is InChI=1S/C12H14N4OS/c1-7-3-5-9(6-4-7)10(13)11(17)14-12-16-15-8(2)18-12/h3-6,10H,13H2,1-2H3,(H,14,16,17). The van der Waals surface area contributed by atoms with E-state index >= 15 is 0 Å². The number of aryl methyl sites for hydroxylation is 2. The van der Waals surface area contributed by atoms with Crippen molar-refractivity contribution in [3.8, 4) is 0 Å². The van der Waals surface area contributed by atoms with Crippen LogP contribution in [0.4, 0.5) is 5.13 Å². The van der Waals surface area contributed by atoms with Gasteiger partial charge in [-0.2, -0.15) is 0 Å². The molecule has 1 aromatic heterocycles. The molecular weight excluding hydrogens is 248 g/mol. The number of aromatic nitrogens is 2. The van der Waals surface area contributed by atoms with Crippen LogP contribution in [-0.4, -0.2) is 16.1 Å². The second kappa shape index (κ2) is 5.24. The molecule has 0 spiro atoms. The van der Waals surface area contributed by atoms with Gasteiger partial charge < -0.3 is 5.73 Å². The Hall–Kier alpha value is -1.79. The Balaban J connectivity index is 2.07. The first-order valence-electron chi connectivity index (χ1n) is 5.49. The van der Waals surface area contributed by atoms with Crippen LogP contribution in [0.1, 0.15) is 22.2 Å². The third-order valence-electron chi connectivity index (χ3n) is 2.48. The Morgan fingerprint density at radius 1 is 1.28 bits per heavy atom. The minimum atomic E-state index is -0.699. The van der Waals surface area contributed by atoms with Crippen LogP contribution in [0, 0.1) is 13.8 Å². The number of nitrogens with two attached hydrogens (primary N) is 1. The molecule has 1 amide bonds. The SMILES string of the molecule is Cc1ccc(C(N)C(=O)Nc2nnc(C)s2)cc1. The predicted molar refractivity (Wildman–Crippen MR) is 71.4 cm³/mol. The molecule has 1 atom stereocenters. The maximum Gasteiger partial charge on any atom is 0.247 e. The molecule has 1 aromatic carbocycles. The number of nitrogens with zero attached hydrogens (tertiary/aromatic N) is 2. The molecule has 18 heavy (non-hydrogen) atoms. The fourth-order valence-electron chi connectivity index (χ4n) is 1.46. The summed E-state index contributed by atoms with van der Waals surface area (Å²) in [6.45, 7) is 3.81. The summed E-state index contributed by atoms with van der Waals surface area (Å²) < 4.78 is 0. The third kappa shape index (κ3) is 2.91. The number of hydrogen-bond donors (Lipinski definition) is 2. The lowest BCUT2D eigenvalue weighted by molar-refractivity contribution is -0.117. The zero-order valence-corrected chi connectivity index (χ0v) is 11.0. The fourth-order valence-corrected chi connectivity index (χ4v) is 2.05. The molecule has 3 N–H and O–H groups in total. The largest absolute Gasteiger partial charge is 0.316 e. The van der Waals surface area contributed by atoms with Gasteiger partial charge >= 0.3 is 0 Å². The Bertz CT molecular complexity index is 549. The average Bonchev–Trinajstić information content (AvgIpc) is 2.75. The molecule has 0 aliphatic heterocycles. The van der Waals surface area contributed by atoms with Crippen LogP contribution in [0.15, 0.2) is 24.3 Å². The van der Waals surface area contributed by atoms with Crippen molar-refractivity contribution in [2.24, 2.45) is 5.73 Å². The van der Waals surface area contributed by atoms with Gasteiger partial charge in [0.25, 0.3) is 0 Å². The van der Waals surface area contributed by atoms with Gasteiger partial charge in [-0.15, -0.1) is 10.2 Å². The van der Waals surface area contributed by atoms with E-state index in [9.17, 15) is 4.79 Å². The summed E-state index contributed by atoms with van der Waals surface area (Å²) in [6.07, 6.45) is 0. The molecule has 2 rings (SSSR count). The summed E-state index contributed by atoms with van der Waals surface area (Å²) in [7, 11) is 0. The molecule has 0 radical (unpaired) electrons. The smallest absolute Gasteiger partial charge is 0.247 e. The van der Waals surface area contributed by atoms with Crippen molar-refractivity contribution in [3.63, 3.8) is 0 Å². The van der Waals surface area contributed by atoms with Gasteiger partial charge in [-0.25, -0.2) is 0 Å². The van der Waals surface area contributed by atoms with E-state index in [1.165, 1.54) is 11.3 Å². The van der Waals surface area contributed by atoms with E-state index in [2.05, 4.69) is 15.5 Å². The van der Waals surface area contributed by atoms with E-state index in [1.54, 1.807) is 0 Å². The van der Waals surface area contributed by atoms with Gasteiger partial charge in [-0.3, -0.25) is 10.1 Å². The number of rotatable bonds is 3. The molecular formula is C12H14N4OS. The Labute approximate surface area is 109 Å². The van der Waals surface area contributed by atoms with E-state index in [0.717, 1.165) is 16.1 Å². The van der Waals surface area contributed by atoms with Gasteiger partial charge in [0, 0.05) is 0 Å². The molecule has 0 fully saturated rings. The van der Waals surface area contributed by atoms with Gasteiger partial charge in [0.05, 0.1) is 0 Å². The Morgan fingerprint density at radius 3 is 2.50 bits per heavy atom. The molecule has 0 aliphatic carbocycles. The Kier molecular flexibility index (Phi) is 3.69. The van der Waals surface area contributed by atoms with Crippen LogP contribution in [0.25, 0.3) is 0 Å². The number of benzene rings is 1. The van der Waals surface area contributed by atoms with E-state index in [-0.39, 0.29) is 5.91 Å². The summed E-state index contributed by atoms with van der Waals surface area (Å²) in [5.74, 6) is -0.282. The highest BCUT2D eigenvalue weighted by Crippen LogP contribution is 2.17. The second-order valence-corrected chi connectivity index (χ2v) is 5.19. The minimum absolute atomic E-state index is 0.282. The van der Waals surface area contributed by atoms with E-state index in [0.29, 0.717) is 5.13 Å². The highest BCUT2D eigenvalue weighted by molar-refractivity contribution is 7.15. The van der Waals surface area contributed by atoms with Crippen molar-refractivity contribution in [1.82, 2.24) is 10.2 Å². The van der Waals surface area contributed by atoms with Crippen molar-refractivity contribution < 1.29 is 4.79 Å². The summed E-state index contributed by atoms with van der Waals surface area (Å²) in [5, 5.41) is 11.6. The molecule has 2 aromatic rings. The zero-order chi connectivity index (χ0) is 13.1. The maximum atomic E-state index is 11.9. The van der Waals surface area contributed by atoms with E-state index in [1.807, 2.05) is 38.1 Å². The van der Waals surface area contributed by atoms with Crippen LogP contribution >= 0.6 is 11.3 Å². The van der Waals surface area contributed by atoms with Gasteiger partial charge in [0.1, 0.15) is 11.0 Å². The first-order valence-corrected chi connectivity index (χ1v) is 6.31. The lowest BCUT2D eigenvalue weighted by Crippen LogP contribution is -2.27. The molecule has 94 valence electrons. The molecule has 0 aliphatic rings. The average molecular weight is 262 g/mol. The molecule has 0 bridgehead atoms. The van der Waals surface area contributed by atoms with Crippen LogP contribution in [0.3, 0.4) is 0 Å². The van der Waals surface area contributed by atoms with Gasteiger partial charge in [0.2, 0.25) is 11.0 Å². The zero-order valence-electron chi connectivity index (χ0n) is 10.2. The maximum absolute atomic E-state index is 11.9. The monoisotopic (exact) mass is 262 g/mol. The summed E-state index contributed by atoms with van der Waals surface area (Å²) >= 11 is 1.32. The summed E-state index contributed by atoms with van der Waals surface area (Å²) in [6, 6.07) is 6.86. The van der Waals surface area contributed by atoms with Crippen molar-refractivity contribution >= 4 is 22.4 Å². The van der Waals surface area contributed by atoms with Crippen LogP contribution in [-0.2, 0) is 4.79 Å². The molecule has 6 heteroatoms. The lowest BCUT2D eigenvalue weighted by atomic mass is 10.1. The quantitative estimate of drug-likeness (QED) is 0.883. The number of carbonyl (C=O) groups excluding carboxylic acids is 1. The normalized spacial score (nSPS) is 12.2. The molecule has 0 saturated carbocycles. The highest BCUT2D eigenvalue weighted by atomic mass is 32.1. The van der Waals surface area contributed by atoms with Crippen LogP contribution in [0.5, 0.6) is 0 Å². The highest BCUT2D eigenvalue weighted by Gasteiger charge is 2.17. The van der Waals surface area contributed by atoms with Crippen LogP contribution in [0.2, 0.25) is 0 Å². The molecule has 5 nitrogen and oxygen atoms in total. The van der Waals surface area contributed by atoms with Crippen molar-refractivity contribution in [3.05, 3.63) is 40.4 Å². The first kappa shape index (κ1) is 12.7. The van der Waals surface area contributed by atoms with Gasteiger partial charge in [0.15, 0.2) is 0 Å². The number of hydrogen-bond acceptors (Lipinski definition) is 5. The van der Waals surface area contributed by atoms with Crippen molar-refractivity contribution in [1.29, 1.82) is 0 Å². The van der Waals surface area contributed by atoms with Gasteiger partial charge in [-0.1, -0.05) is 41.2 Å². The molecule has 0 saturated heterocycles. The fraction of sp³-hybridized carbons (Fsp3) is 0.250. The summed E-state index contributed by atoms with van der Waals surface area (Å²) in [4.78, 5) is 11.9. The Morgan fingerprint density at radius 2 is 1.94 bits per heavy atom. The van der Waals surface area contributed by atoms with Crippen LogP contribution < -0.4 is 11.1 Å². The van der Waals surface area contributed by atoms with E-state index in [4.69, 9.17) is 5.73 Å². The second-order valence-electron chi connectivity index (χ2n) is 4.00. The summed E-state index contributed by atoms with van der Waals surface area (Å²) in [5.41, 5.74) is 7.80. The number of amides is 1. The first-order chi connectivity index (χ1) is 8.56. The third-order valence-corrected chi connectivity index (χ3v) is 3.23. The number of anilines is 1. The lowest BCUT2D eigenvalue weighted by Gasteiger charge is -2.10. The van der Waals surface area contributed by atoms with Crippen molar-refractivity contribution in [2.75, 3.05) is 5.32 Å². The number of carbonyl (C=O) groups is 1. The predicted octanol–water partition coefficient (Wildman–Crippen LogP) is 1.79. The van der Waals surface area contributed by atoms with Gasteiger partial charge in [-0.05, 0) is 19.4 Å². The van der Waals surface area contributed by atoms with Crippen molar-refractivity contribution in [2.45, 2.75) is 19.9 Å². The topological polar surface area (TPSA) is 80.9 Å². The molecule has 1 heterocycles.